The van der Waals surface area contributed by atoms with Gasteiger partial charge < -0.3 is 14.6 Å². The largest absolute Gasteiger partial charge is 0.448 e. The van der Waals surface area contributed by atoms with Gasteiger partial charge in [0.2, 0.25) is 0 Å². The summed E-state index contributed by atoms with van der Waals surface area (Å²) in [7, 11) is -0.794. The molecule has 0 saturated carbocycles. The van der Waals surface area contributed by atoms with Crippen molar-refractivity contribution in [3.8, 4) is 22.7 Å². The van der Waals surface area contributed by atoms with Crippen LogP contribution in [0.5, 0.6) is 5.75 Å². The van der Waals surface area contributed by atoms with Gasteiger partial charge in [0.25, 0.3) is 0 Å². The van der Waals surface area contributed by atoms with Gasteiger partial charge in [-0.3, -0.25) is 10.3 Å². The van der Waals surface area contributed by atoms with E-state index in [0.717, 1.165) is 12.2 Å². The van der Waals surface area contributed by atoms with Gasteiger partial charge in [-0.1, -0.05) is 24.6 Å². The number of aliphatic hydroxyl groups excluding tert-OH is 1. The average Bonchev–Trinajstić information content (AvgIpc) is 3.27. The van der Waals surface area contributed by atoms with E-state index in [9.17, 15) is 13.6 Å². The summed E-state index contributed by atoms with van der Waals surface area (Å²) >= 11 is 6.11. The molecule has 1 aromatic carbocycles. The zero-order valence-electron chi connectivity index (χ0n) is 22.9. The monoisotopic (exact) mass is 586 g/mol. The van der Waals surface area contributed by atoms with E-state index in [2.05, 4.69) is 52.4 Å². The van der Waals surface area contributed by atoms with Crippen molar-refractivity contribution in [1.82, 2.24) is 14.8 Å². The number of ether oxygens (including phenoxy) is 2. The molecule has 3 rings (SSSR count). The minimum Gasteiger partial charge on any atom is -0.448 e. The van der Waals surface area contributed by atoms with Crippen LogP contribution in [0.4, 0.5) is 19.4 Å². The summed E-state index contributed by atoms with van der Waals surface area (Å²) in [6.45, 7) is 4.77. The number of nitrogens with one attached hydrogen (secondary N) is 1. The molecule has 8 nitrogen and oxygen atoms in total. The third-order valence-corrected chi connectivity index (χ3v) is 6.05. The third-order valence-electron chi connectivity index (χ3n) is 4.44. The van der Waals surface area contributed by atoms with E-state index in [0.29, 0.717) is 23.6 Å². The number of halogens is 3. The third kappa shape index (κ3) is 13.5. The number of carbonyl (C=O) groups is 1. The van der Waals surface area contributed by atoms with E-state index in [1.807, 2.05) is 6.08 Å². The highest BCUT2D eigenvalue weighted by molar-refractivity contribution is 8.32. The molecule has 0 aliphatic rings. The van der Waals surface area contributed by atoms with E-state index < -0.39 is 22.7 Å². The Balaban J connectivity index is 0.000000975. The maximum Gasteiger partial charge on any atom is 0.412 e. The summed E-state index contributed by atoms with van der Waals surface area (Å²) in [6, 6.07) is 9.35. The summed E-state index contributed by atoms with van der Waals surface area (Å²) in [5.74, 6) is 0.902. The maximum absolute atomic E-state index is 12.7. The van der Waals surface area contributed by atoms with Gasteiger partial charge in [0.15, 0.2) is 5.82 Å². The number of aromatic nitrogens is 3. The lowest BCUT2D eigenvalue weighted by Crippen LogP contribution is -2.17. The summed E-state index contributed by atoms with van der Waals surface area (Å²) in [4.78, 5) is 16.3. The zero-order valence-corrected chi connectivity index (χ0v) is 24.4. The molecule has 0 aliphatic heterocycles. The number of anilines is 1. The fourth-order valence-corrected chi connectivity index (χ4v) is 3.54. The standard InChI is InChI=1S/C21H23ClF2N4O3S.C4H8.C2H6O/c1-32(2,3)8-7-30-21(29)26-19-12-18(28(27-19)16-5-4-6-25-13-16)14-9-15(22)11-17(10-14)31-20(23)24;1-3-4-2;1-2-3/h4-6,9-13,20H,7-8H2,1-3H3,(H,26,27,29);3H,1,4H2,2H3;3H,2H2,1H3. The van der Waals surface area contributed by atoms with Crippen LogP contribution in [0.1, 0.15) is 20.3 Å². The molecule has 2 heterocycles. The molecule has 0 spiro atoms. The van der Waals surface area contributed by atoms with Gasteiger partial charge in [0, 0.05) is 35.2 Å². The van der Waals surface area contributed by atoms with Gasteiger partial charge in [-0.25, -0.2) is 19.5 Å². The number of nitrogens with zero attached hydrogens (tertiary/aromatic N) is 3. The molecule has 0 atom stereocenters. The molecule has 216 valence electrons. The predicted octanol–water partition coefficient (Wildman–Crippen LogP) is 7.01. The van der Waals surface area contributed by atoms with Gasteiger partial charge in [0.1, 0.15) is 12.4 Å². The van der Waals surface area contributed by atoms with Crippen LogP contribution in [0.2, 0.25) is 5.02 Å². The quantitative estimate of drug-likeness (QED) is 0.262. The van der Waals surface area contributed by atoms with Gasteiger partial charge in [-0.05, 0) is 62.4 Å². The summed E-state index contributed by atoms with van der Waals surface area (Å²) in [5.41, 5.74) is 1.54. The second-order valence-corrected chi connectivity index (χ2v) is 13.7. The highest BCUT2D eigenvalue weighted by Crippen LogP contribution is 2.34. The Labute approximate surface area is 235 Å². The van der Waals surface area contributed by atoms with Crippen LogP contribution in [0.3, 0.4) is 0 Å². The smallest absolute Gasteiger partial charge is 0.412 e. The lowest BCUT2D eigenvalue weighted by molar-refractivity contribution is -0.0498. The molecule has 0 radical (unpaired) electrons. The second-order valence-electron chi connectivity index (χ2n) is 8.66. The molecule has 0 unspecified atom stereocenters. The molecule has 39 heavy (non-hydrogen) atoms. The maximum atomic E-state index is 12.7. The first-order valence-corrected chi connectivity index (χ1v) is 15.4. The number of rotatable bonds is 9. The van der Waals surface area contributed by atoms with Crippen molar-refractivity contribution in [2.24, 2.45) is 0 Å². The van der Waals surface area contributed by atoms with E-state index >= 15 is 0 Å². The highest BCUT2D eigenvalue weighted by Gasteiger charge is 2.17. The van der Waals surface area contributed by atoms with Crippen LogP contribution in [0.15, 0.2) is 61.4 Å². The molecule has 0 fully saturated rings. The Kier molecular flexibility index (Phi) is 15.1. The molecule has 0 bridgehead atoms. The molecule has 2 N–H and O–H groups in total. The Bertz CT molecular complexity index is 1160. The molecular weight excluding hydrogens is 550 g/mol. The number of pyridine rings is 1. The van der Waals surface area contributed by atoms with Gasteiger partial charge in [-0.2, -0.15) is 8.78 Å². The first kappa shape index (κ1) is 33.9. The lowest BCUT2D eigenvalue weighted by Gasteiger charge is -2.24. The van der Waals surface area contributed by atoms with Gasteiger partial charge >= 0.3 is 12.7 Å². The summed E-state index contributed by atoms with van der Waals surface area (Å²) in [6.07, 6.45) is 11.9. The fourth-order valence-electron chi connectivity index (χ4n) is 2.73. The van der Waals surface area contributed by atoms with E-state index in [-0.39, 0.29) is 23.2 Å². The first-order chi connectivity index (χ1) is 18.4. The average molecular weight is 587 g/mol. The number of hydrogen-bond donors (Lipinski definition) is 2. The van der Waals surface area contributed by atoms with Crippen molar-refractivity contribution in [3.05, 3.63) is 66.5 Å². The number of benzene rings is 1. The summed E-state index contributed by atoms with van der Waals surface area (Å²) < 4.78 is 36.7. The molecule has 3 aromatic rings. The topological polar surface area (TPSA) is 98.5 Å². The number of amides is 1. The van der Waals surface area contributed by atoms with Gasteiger partial charge in [0.05, 0.1) is 17.6 Å². The van der Waals surface area contributed by atoms with E-state index in [4.69, 9.17) is 21.4 Å². The van der Waals surface area contributed by atoms with E-state index in [1.165, 1.54) is 16.8 Å². The molecular formula is C27H37ClF2N4O4S. The normalized spacial score (nSPS) is 10.9. The van der Waals surface area contributed by atoms with Crippen LogP contribution in [0, 0.1) is 0 Å². The minimum atomic E-state index is -2.99. The second kappa shape index (κ2) is 17.4. The fraction of sp³-hybridized carbons (Fsp3) is 0.370. The molecule has 0 saturated heterocycles. The van der Waals surface area contributed by atoms with Crippen molar-refractivity contribution < 1.29 is 28.2 Å². The molecule has 12 heteroatoms. The highest BCUT2D eigenvalue weighted by atomic mass is 35.5. The summed E-state index contributed by atoms with van der Waals surface area (Å²) in [5, 5.41) is 14.8. The van der Waals surface area contributed by atoms with Gasteiger partial charge in [-0.15, -0.1) is 11.7 Å². The van der Waals surface area contributed by atoms with Crippen molar-refractivity contribution >= 4 is 33.5 Å². The van der Waals surface area contributed by atoms with Crippen molar-refractivity contribution in [1.29, 1.82) is 0 Å². The van der Waals surface area contributed by atoms with Crippen LogP contribution in [0.25, 0.3) is 16.9 Å². The Morgan fingerprint density at radius 2 is 1.92 bits per heavy atom. The zero-order chi connectivity index (χ0) is 29.4. The van der Waals surface area contributed by atoms with Crippen molar-refractivity contribution in [3.63, 3.8) is 0 Å². The molecule has 0 aliphatic carbocycles. The van der Waals surface area contributed by atoms with Crippen molar-refractivity contribution in [2.75, 3.05) is 43.1 Å². The SMILES string of the molecule is C=CCC.CCO.CS(C)(C)CCOC(=O)Nc1cc(-c2cc(Cl)cc(OC(F)F)c2)n(-c2cccnc2)n1. The lowest BCUT2D eigenvalue weighted by atomic mass is 10.1. The van der Waals surface area contributed by atoms with Crippen molar-refractivity contribution in [2.45, 2.75) is 26.9 Å². The number of alkyl halides is 2. The Morgan fingerprint density at radius 3 is 2.46 bits per heavy atom. The Morgan fingerprint density at radius 1 is 1.26 bits per heavy atom. The van der Waals surface area contributed by atoms with Crippen LogP contribution >= 0.6 is 21.6 Å². The Hall–Kier alpha value is -3.15. The number of allylic oxidation sites excluding steroid dienone is 1. The van der Waals surface area contributed by atoms with Crippen LogP contribution in [-0.4, -0.2) is 70.3 Å². The number of hydrogen-bond acceptors (Lipinski definition) is 6. The van der Waals surface area contributed by atoms with Crippen LogP contribution in [-0.2, 0) is 4.74 Å². The first-order valence-electron chi connectivity index (χ1n) is 12.0. The van der Waals surface area contributed by atoms with E-state index in [1.54, 1.807) is 43.6 Å². The molecule has 1 amide bonds. The number of carbonyl (C=O) groups excluding carboxylic acids is 1. The van der Waals surface area contributed by atoms with Crippen LogP contribution < -0.4 is 10.1 Å². The minimum absolute atomic E-state index is 0.0972. The predicted molar refractivity (Wildman–Crippen MR) is 157 cm³/mol. The molecule has 2 aromatic heterocycles. The number of aliphatic hydroxyl groups is 1.